The van der Waals surface area contributed by atoms with Crippen molar-refractivity contribution >= 4 is 11.9 Å². The van der Waals surface area contributed by atoms with Crippen molar-refractivity contribution < 1.29 is 24.5 Å². The van der Waals surface area contributed by atoms with Crippen LogP contribution in [0.15, 0.2) is 24.3 Å². The Bertz CT molecular complexity index is 1200. The fourth-order valence-electron chi connectivity index (χ4n) is 11.1. The summed E-state index contributed by atoms with van der Waals surface area (Å²) < 4.78 is 5.51. The average molecular weight is 1080 g/mol. The van der Waals surface area contributed by atoms with Gasteiger partial charge in [0.15, 0.2) is 0 Å². The van der Waals surface area contributed by atoms with Gasteiger partial charge in [0.05, 0.1) is 25.4 Å². The first-order valence-corrected chi connectivity index (χ1v) is 35.1. The van der Waals surface area contributed by atoms with Gasteiger partial charge >= 0.3 is 5.97 Å². The number of esters is 1. The van der Waals surface area contributed by atoms with Crippen LogP contribution < -0.4 is 5.32 Å². The van der Waals surface area contributed by atoms with E-state index in [4.69, 9.17) is 4.74 Å². The number of carbonyl (C=O) groups excluding carboxylic acids is 2. The van der Waals surface area contributed by atoms with E-state index >= 15 is 0 Å². The van der Waals surface area contributed by atoms with Gasteiger partial charge in [0.25, 0.3) is 0 Å². The fraction of sp³-hybridized carbons (Fsp3) is 0.915. The molecule has 0 saturated heterocycles. The van der Waals surface area contributed by atoms with Crippen LogP contribution in [0.4, 0.5) is 0 Å². The van der Waals surface area contributed by atoms with E-state index in [1.165, 1.54) is 327 Å². The minimum atomic E-state index is -0.839. The Hall–Kier alpha value is -1.66. The van der Waals surface area contributed by atoms with Crippen LogP contribution in [-0.4, -0.2) is 47.4 Å². The summed E-state index contributed by atoms with van der Waals surface area (Å²) in [5.41, 5.74) is 0. The van der Waals surface area contributed by atoms with Crippen molar-refractivity contribution in [3.63, 3.8) is 0 Å². The highest BCUT2D eigenvalue weighted by molar-refractivity contribution is 5.76. The first-order chi connectivity index (χ1) is 38.0. The highest BCUT2D eigenvalue weighted by Gasteiger charge is 2.18. The number of amides is 1. The maximum Gasteiger partial charge on any atom is 0.305 e. The maximum absolute atomic E-state index is 12.4. The van der Waals surface area contributed by atoms with E-state index in [0.29, 0.717) is 19.4 Å². The van der Waals surface area contributed by atoms with Crippen LogP contribution in [0.3, 0.4) is 0 Å². The van der Waals surface area contributed by atoms with Crippen LogP contribution in [0.25, 0.3) is 0 Å². The predicted octanol–water partition coefficient (Wildman–Crippen LogP) is 22.5. The Morgan fingerprint density at radius 1 is 0.351 bits per heavy atom. The molecule has 77 heavy (non-hydrogen) atoms. The highest BCUT2D eigenvalue weighted by Crippen LogP contribution is 2.19. The summed E-state index contributed by atoms with van der Waals surface area (Å²) in [5.74, 6) is -0.0428. The van der Waals surface area contributed by atoms with Crippen molar-refractivity contribution in [3.05, 3.63) is 24.3 Å². The molecule has 6 nitrogen and oxygen atoms in total. The first-order valence-electron chi connectivity index (χ1n) is 35.1. The molecule has 6 heteroatoms. The van der Waals surface area contributed by atoms with Crippen LogP contribution in [0, 0.1) is 0 Å². The van der Waals surface area contributed by atoms with Gasteiger partial charge < -0.3 is 20.3 Å². The Morgan fingerprint density at radius 2 is 0.610 bits per heavy atom. The Balaban J connectivity index is 3.31. The molecule has 456 valence electrons. The molecule has 0 aromatic carbocycles. The summed E-state index contributed by atoms with van der Waals surface area (Å²) in [4.78, 5) is 24.5. The van der Waals surface area contributed by atoms with E-state index in [-0.39, 0.29) is 18.5 Å². The molecule has 0 aliphatic carbocycles. The number of aliphatic hydroxyl groups is 2. The van der Waals surface area contributed by atoms with Crippen LogP contribution in [0.2, 0.25) is 0 Å². The molecule has 0 aromatic rings. The third-order valence-corrected chi connectivity index (χ3v) is 16.5. The summed E-state index contributed by atoms with van der Waals surface area (Å²) in [6.07, 6.45) is 84.3. The van der Waals surface area contributed by atoms with Crippen LogP contribution in [0.5, 0.6) is 0 Å². The Morgan fingerprint density at radius 3 is 0.922 bits per heavy atom. The Kier molecular flexibility index (Phi) is 65.4. The van der Waals surface area contributed by atoms with Crippen molar-refractivity contribution in [3.8, 4) is 0 Å². The molecule has 0 heterocycles. The van der Waals surface area contributed by atoms with Crippen LogP contribution in [-0.2, 0) is 14.3 Å². The SMILES string of the molecule is CCCCCCCCC/C=C/C(O)C(CO)NC(=O)CCCCCCCCCCCCCCCCCCC/C=C\CCCCCCCCCCCCCCOC(=O)CCCCCCCCCCCCCCCCCCCC. The number of aliphatic hydroxyl groups excluding tert-OH is 2. The quantitative estimate of drug-likeness (QED) is 0.0320. The average Bonchev–Trinajstić information content (AvgIpc) is 3.43. The molecule has 0 aliphatic heterocycles. The monoisotopic (exact) mass is 1080 g/mol. The molecule has 0 saturated carbocycles. The van der Waals surface area contributed by atoms with Gasteiger partial charge in [-0.2, -0.15) is 0 Å². The third kappa shape index (κ3) is 63.4. The zero-order valence-corrected chi connectivity index (χ0v) is 52.2. The molecular weight excluding hydrogens is 947 g/mol. The lowest BCUT2D eigenvalue weighted by atomic mass is 10.0. The number of hydrogen-bond donors (Lipinski definition) is 3. The molecule has 0 aliphatic rings. The normalized spacial score (nSPS) is 12.6. The van der Waals surface area contributed by atoms with Gasteiger partial charge in [0.2, 0.25) is 5.91 Å². The van der Waals surface area contributed by atoms with Crippen LogP contribution in [0.1, 0.15) is 393 Å². The molecular formula is C71H137NO5. The lowest BCUT2D eigenvalue weighted by molar-refractivity contribution is -0.143. The molecule has 0 radical (unpaired) electrons. The van der Waals surface area contributed by atoms with Gasteiger partial charge in [-0.3, -0.25) is 9.59 Å². The molecule has 0 aromatic heterocycles. The molecule has 1 amide bonds. The largest absolute Gasteiger partial charge is 0.466 e. The van der Waals surface area contributed by atoms with Crippen molar-refractivity contribution in [1.82, 2.24) is 5.32 Å². The summed E-state index contributed by atoms with van der Waals surface area (Å²) >= 11 is 0. The van der Waals surface area contributed by atoms with Crippen molar-refractivity contribution in [2.24, 2.45) is 0 Å². The number of carbonyl (C=O) groups is 2. The topological polar surface area (TPSA) is 95.9 Å². The van der Waals surface area contributed by atoms with E-state index < -0.39 is 12.1 Å². The maximum atomic E-state index is 12.4. The summed E-state index contributed by atoms with van der Waals surface area (Å²) in [5, 5.41) is 23.0. The standard InChI is InChI=1S/C71H137NO5/c1-3-5-7-9-11-13-14-15-16-17-36-39-42-45-49-53-57-61-65-71(76)77-66-62-58-54-50-46-43-40-37-34-32-30-28-26-24-22-20-18-19-21-23-25-27-29-31-33-35-38-41-44-48-52-56-60-64-70(75)72-68(67-73)69(74)63-59-55-51-47-12-10-8-6-4-2/h22,24,59,63,68-69,73-74H,3-21,23,25-58,60-62,64-67H2,1-2H3,(H,72,75)/b24-22-,63-59+. The zero-order chi connectivity index (χ0) is 55.7. The van der Waals surface area contributed by atoms with Gasteiger partial charge in [0.1, 0.15) is 0 Å². The van der Waals surface area contributed by atoms with Gasteiger partial charge in [0, 0.05) is 12.8 Å². The predicted molar refractivity (Wildman–Crippen MR) is 338 cm³/mol. The molecule has 3 N–H and O–H groups in total. The van der Waals surface area contributed by atoms with Gasteiger partial charge in [-0.25, -0.2) is 0 Å². The molecule has 0 bridgehead atoms. The zero-order valence-electron chi connectivity index (χ0n) is 52.2. The molecule has 2 atom stereocenters. The minimum absolute atomic E-state index is 0.0234. The van der Waals surface area contributed by atoms with E-state index in [2.05, 4.69) is 31.3 Å². The van der Waals surface area contributed by atoms with Gasteiger partial charge in [-0.15, -0.1) is 0 Å². The molecule has 2 unspecified atom stereocenters. The molecule has 0 fully saturated rings. The second kappa shape index (κ2) is 66.8. The number of allylic oxidation sites excluding steroid dienone is 3. The van der Waals surface area contributed by atoms with Gasteiger partial charge in [-0.1, -0.05) is 346 Å². The van der Waals surface area contributed by atoms with Crippen molar-refractivity contribution in [2.45, 2.75) is 405 Å². The summed E-state index contributed by atoms with van der Waals surface area (Å²) in [6.45, 7) is 4.91. The third-order valence-electron chi connectivity index (χ3n) is 16.5. The van der Waals surface area contributed by atoms with Crippen LogP contribution >= 0.6 is 0 Å². The second-order valence-electron chi connectivity index (χ2n) is 24.2. The van der Waals surface area contributed by atoms with Crippen molar-refractivity contribution in [2.75, 3.05) is 13.2 Å². The highest BCUT2D eigenvalue weighted by atomic mass is 16.5. The van der Waals surface area contributed by atoms with Crippen molar-refractivity contribution in [1.29, 1.82) is 0 Å². The van der Waals surface area contributed by atoms with E-state index in [9.17, 15) is 19.8 Å². The number of ether oxygens (including phenoxy) is 1. The Labute approximate surface area is 481 Å². The van der Waals surface area contributed by atoms with Gasteiger partial charge in [-0.05, 0) is 57.8 Å². The number of nitrogens with one attached hydrogen (secondary N) is 1. The number of hydrogen-bond acceptors (Lipinski definition) is 5. The smallest absolute Gasteiger partial charge is 0.305 e. The summed E-state index contributed by atoms with van der Waals surface area (Å²) in [6, 6.07) is -0.623. The number of unbranched alkanes of at least 4 members (excludes halogenated alkanes) is 53. The fourth-order valence-corrected chi connectivity index (χ4v) is 11.1. The summed E-state index contributed by atoms with van der Waals surface area (Å²) in [7, 11) is 0. The first kappa shape index (κ1) is 75.3. The molecule has 0 spiro atoms. The second-order valence-corrected chi connectivity index (χ2v) is 24.2. The number of rotatable bonds is 66. The van der Waals surface area contributed by atoms with E-state index in [1.54, 1.807) is 6.08 Å². The van der Waals surface area contributed by atoms with E-state index in [0.717, 1.165) is 38.5 Å². The lowest BCUT2D eigenvalue weighted by Crippen LogP contribution is -2.45. The van der Waals surface area contributed by atoms with E-state index in [1.807, 2.05) is 6.08 Å². The molecule has 0 rings (SSSR count). The lowest BCUT2D eigenvalue weighted by Gasteiger charge is -2.20. The minimum Gasteiger partial charge on any atom is -0.466 e.